The van der Waals surface area contributed by atoms with E-state index in [1.165, 1.54) is 22.0 Å². The number of benzene rings is 9. The van der Waals surface area contributed by atoms with E-state index in [1.807, 2.05) is 6.20 Å². The van der Waals surface area contributed by atoms with Crippen LogP contribution in [-0.4, -0.2) is 18.7 Å². The second-order valence-electron chi connectivity index (χ2n) is 17.6. The zero-order valence-corrected chi connectivity index (χ0v) is 38.0. The third-order valence-electron chi connectivity index (χ3n) is 13.2. The van der Waals surface area contributed by atoms with Gasteiger partial charge >= 0.3 is 0 Å². The van der Waals surface area contributed by atoms with Crippen molar-refractivity contribution in [3.63, 3.8) is 0 Å². The molecule has 9 aromatic carbocycles. The molecular formula is C63H48N5+. The second-order valence-corrected chi connectivity index (χ2v) is 17.6. The smallest absolute Gasteiger partial charge is 0.191 e. The maximum absolute atomic E-state index is 5.14. The number of rotatable bonds is 10. The van der Waals surface area contributed by atoms with Crippen LogP contribution in [0.25, 0.3) is 88.9 Å². The van der Waals surface area contributed by atoms with Crippen LogP contribution in [0.5, 0.6) is 0 Å². The lowest BCUT2D eigenvalue weighted by Gasteiger charge is -2.30. The number of nitrogens with zero attached hydrogens (tertiary/aromatic N) is 5. The Morgan fingerprint density at radius 3 is 1.62 bits per heavy atom. The van der Waals surface area contributed by atoms with Crippen molar-refractivity contribution in [3.05, 3.63) is 249 Å². The highest BCUT2D eigenvalue weighted by molar-refractivity contribution is 6.11. The first kappa shape index (κ1) is 40.7. The third-order valence-corrected chi connectivity index (χ3v) is 13.2. The van der Waals surface area contributed by atoms with E-state index >= 15 is 0 Å². The molecule has 0 aliphatic rings. The Kier molecular flexibility index (Phi) is 10.3. The van der Waals surface area contributed by atoms with Crippen molar-refractivity contribution >= 4 is 49.9 Å². The molecule has 0 fully saturated rings. The summed E-state index contributed by atoms with van der Waals surface area (Å²) in [7, 11) is 0. The van der Waals surface area contributed by atoms with Gasteiger partial charge in [0.05, 0.1) is 28.5 Å². The minimum Gasteiger partial charge on any atom is -0.308 e. The maximum Gasteiger partial charge on any atom is 0.191 e. The summed E-state index contributed by atoms with van der Waals surface area (Å²) in [5.41, 5.74) is 17.9. The van der Waals surface area contributed by atoms with Crippen LogP contribution in [0.15, 0.2) is 249 Å². The third kappa shape index (κ3) is 7.13. The molecular weight excluding hydrogens is 827 g/mol. The van der Waals surface area contributed by atoms with E-state index in [1.54, 1.807) is 0 Å². The zero-order chi connectivity index (χ0) is 45.6. The van der Waals surface area contributed by atoms with E-state index in [9.17, 15) is 0 Å². The molecule has 5 nitrogen and oxygen atoms in total. The standard InChI is InChI=1S/C63H48N5/c1-44(2)65-43-66(60-35-17-16-34-59(60)65)49-26-18-27-50(41-49)67(63-54(46-22-8-4-9-23-46)31-19-32-55(63)47-24-10-5-11-25-47)51-36-37-57-56-30-14-15-33-58(56)68(61(57)42-51)62-40-48(38-39-64-62)53-29-13-12-28-52(53)45-20-6-3-7-21-45/h3-44H,1-2H3/q+1. The van der Waals surface area contributed by atoms with Crippen molar-refractivity contribution in [2.24, 2.45) is 0 Å². The molecule has 68 heavy (non-hydrogen) atoms. The van der Waals surface area contributed by atoms with E-state index in [2.05, 4.69) is 275 Å². The number of aromatic nitrogens is 4. The lowest BCUT2D eigenvalue weighted by atomic mass is 9.94. The summed E-state index contributed by atoms with van der Waals surface area (Å²) in [5, 5.41) is 2.33. The molecule has 0 aliphatic heterocycles. The molecule has 0 bridgehead atoms. The molecule has 324 valence electrons. The molecule has 3 aromatic heterocycles. The lowest BCUT2D eigenvalue weighted by Crippen LogP contribution is -2.13. The molecule has 3 heterocycles. The predicted octanol–water partition coefficient (Wildman–Crippen LogP) is 16.9. The fraction of sp³-hybridized carbons (Fsp3) is 0.0476. The molecule has 0 radical (unpaired) electrons. The van der Waals surface area contributed by atoms with Gasteiger partial charge in [0.15, 0.2) is 17.4 Å². The first-order valence-electron chi connectivity index (χ1n) is 23.4. The first-order chi connectivity index (χ1) is 33.6. The zero-order valence-electron chi connectivity index (χ0n) is 38.0. The number of hydrogen-bond donors (Lipinski definition) is 0. The van der Waals surface area contributed by atoms with Crippen LogP contribution in [0, 0.1) is 0 Å². The van der Waals surface area contributed by atoms with Gasteiger partial charge < -0.3 is 4.90 Å². The fourth-order valence-electron chi connectivity index (χ4n) is 10.1. The number of hydrogen-bond acceptors (Lipinski definition) is 2. The fourth-order valence-corrected chi connectivity index (χ4v) is 10.1. The number of fused-ring (bicyclic) bond motifs is 4. The summed E-state index contributed by atoms with van der Waals surface area (Å²) >= 11 is 0. The molecule has 0 aliphatic carbocycles. The van der Waals surface area contributed by atoms with E-state index in [4.69, 9.17) is 4.98 Å². The molecule has 0 amide bonds. The van der Waals surface area contributed by atoms with E-state index in [-0.39, 0.29) is 0 Å². The maximum atomic E-state index is 5.14. The topological polar surface area (TPSA) is 30.9 Å². The van der Waals surface area contributed by atoms with Gasteiger partial charge in [0.2, 0.25) is 0 Å². The number of imidazole rings is 1. The summed E-state index contributed by atoms with van der Waals surface area (Å²) in [6.45, 7) is 4.48. The average molecular weight is 875 g/mol. The highest BCUT2D eigenvalue weighted by Crippen LogP contribution is 2.48. The average Bonchev–Trinajstić information content (AvgIpc) is 3.96. The Morgan fingerprint density at radius 2 is 0.941 bits per heavy atom. The van der Waals surface area contributed by atoms with Gasteiger partial charge in [-0.1, -0.05) is 158 Å². The van der Waals surface area contributed by atoms with E-state index in [0.29, 0.717) is 6.04 Å². The minimum atomic E-state index is 0.291. The number of para-hydroxylation sites is 4. The monoisotopic (exact) mass is 874 g/mol. The second kappa shape index (κ2) is 17.2. The van der Waals surface area contributed by atoms with Crippen molar-refractivity contribution in [3.8, 4) is 56.0 Å². The molecule has 12 rings (SSSR count). The Morgan fingerprint density at radius 1 is 0.412 bits per heavy atom. The van der Waals surface area contributed by atoms with Crippen molar-refractivity contribution in [2.45, 2.75) is 19.9 Å². The Bertz CT molecular complexity index is 3720. The highest BCUT2D eigenvalue weighted by Gasteiger charge is 2.26. The van der Waals surface area contributed by atoms with Gasteiger partial charge in [-0.05, 0) is 102 Å². The van der Waals surface area contributed by atoms with Gasteiger partial charge in [0.1, 0.15) is 11.5 Å². The molecule has 0 atom stereocenters. The van der Waals surface area contributed by atoms with Crippen LogP contribution in [0.2, 0.25) is 0 Å². The van der Waals surface area contributed by atoms with Gasteiger partial charge in [-0.15, -0.1) is 0 Å². The highest BCUT2D eigenvalue weighted by atomic mass is 15.2. The Balaban J connectivity index is 1.12. The van der Waals surface area contributed by atoms with Crippen molar-refractivity contribution in [1.29, 1.82) is 0 Å². The van der Waals surface area contributed by atoms with Gasteiger partial charge in [0.25, 0.3) is 0 Å². The minimum absolute atomic E-state index is 0.291. The van der Waals surface area contributed by atoms with Crippen molar-refractivity contribution < 1.29 is 0 Å². The molecule has 0 saturated carbocycles. The number of anilines is 3. The van der Waals surface area contributed by atoms with E-state index < -0.39 is 0 Å². The van der Waals surface area contributed by atoms with E-state index in [0.717, 1.165) is 83.9 Å². The van der Waals surface area contributed by atoms with Crippen molar-refractivity contribution in [2.75, 3.05) is 4.90 Å². The van der Waals surface area contributed by atoms with Gasteiger partial charge in [-0.2, -0.15) is 4.57 Å². The lowest BCUT2D eigenvalue weighted by molar-refractivity contribution is 0.612. The van der Waals surface area contributed by atoms with Crippen LogP contribution < -0.4 is 4.90 Å². The molecule has 12 aromatic rings. The van der Waals surface area contributed by atoms with Crippen LogP contribution >= 0.6 is 0 Å². The molecule has 5 heteroatoms. The molecule has 0 spiro atoms. The number of pyridine rings is 1. The van der Waals surface area contributed by atoms with Crippen LogP contribution in [-0.2, 0) is 0 Å². The van der Waals surface area contributed by atoms with Crippen LogP contribution in [0.1, 0.15) is 19.9 Å². The Hall–Kier alpha value is -8.80. The van der Waals surface area contributed by atoms with Gasteiger partial charge in [-0.3, -0.25) is 4.57 Å². The van der Waals surface area contributed by atoms with Gasteiger partial charge in [-0.25, -0.2) is 9.55 Å². The summed E-state index contributed by atoms with van der Waals surface area (Å²) in [5.74, 6) is 0.856. The summed E-state index contributed by atoms with van der Waals surface area (Å²) in [6, 6.07) is 85.6. The van der Waals surface area contributed by atoms with Crippen molar-refractivity contribution in [1.82, 2.24) is 18.7 Å². The van der Waals surface area contributed by atoms with Gasteiger partial charge in [0, 0.05) is 58.0 Å². The first-order valence-corrected chi connectivity index (χ1v) is 23.4. The Labute approximate surface area is 396 Å². The largest absolute Gasteiger partial charge is 0.308 e. The predicted molar refractivity (Wildman–Crippen MR) is 285 cm³/mol. The normalized spacial score (nSPS) is 11.5. The quantitative estimate of drug-likeness (QED) is 0.128. The molecule has 0 unspecified atom stereocenters. The van der Waals surface area contributed by atoms with Crippen LogP contribution in [0.3, 0.4) is 0 Å². The summed E-state index contributed by atoms with van der Waals surface area (Å²) in [4.78, 5) is 7.61. The summed E-state index contributed by atoms with van der Waals surface area (Å²) in [6.07, 6.45) is 4.20. The summed E-state index contributed by atoms with van der Waals surface area (Å²) < 4.78 is 7.02. The van der Waals surface area contributed by atoms with Crippen LogP contribution in [0.4, 0.5) is 17.1 Å². The molecule has 0 saturated heterocycles. The molecule has 0 N–H and O–H groups in total. The SMILES string of the molecule is CC(C)n1[cH+]n(-c2cccc(N(c3ccc4c5ccccc5n(-c5cc(-c6ccccc6-c6ccccc6)ccn5)c4c3)c3c(-c4ccccc4)cccc3-c3ccccc3)c2)c2ccccc21.